The Morgan fingerprint density at radius 2 is 2.09 bits per heavy atom. The molecule has 23 heavy (non-hydrogen) atoms. The van der Waals surface area contributed by atoms with E-state index < -0.39 is 0 Å². The van der Waals surface area contributed by atoms with Crippen molar-refractivity contribution in [3.8, 4) is 10.6 Å². The van der Waals surface area contributed by atoms with E-state index in [1.807, 2.05) is 0 Å². The topological polar surface area (TPSA) is 28.2 Å². The predicted molar refractivity (Wildman–Crippen MR) is 102 cm³/mol. The van der Waals surface area contributed by atoms with Crippen molar-refractivity contribution in [3.63, 3.8) is 0 Å². The van der Waals surface area contributed by atoms with Crippen LogP contribution >= 0.6 is 35.1 Å². The zero-order valence-corrected chi connectivity index (χ0v) is 15.7. The Labute approximate surface area is 152 Å². The molecule has 126 valence electrons. The van der Waals surface area contributed by atoms with Gasteiger partial charge in [0.15, 0.2) is 0 Å². The number of hydrogen-bond donors (Lipinski definition) is 1. The van der Waals surface area contributed by atoms with Crippen LogP contribution in [0.1, 0.15) is 37.8 Å². The Morgan fingerprint density at radius 3 is 2.87 bits per heavy atom. The average molecular weight is 370 g/mol. The summed E-state index contributed by atoms with van der Waals surface area (Å²) < 4.78 is 0. The molecule has 6 heteroatoms. The van der Waals surface area contributed by atoms with Gasteiger partial charge in [-0.1, -0.05) is 19.3 Å². The molecule has 1 aliphatic heterocycles. The Hall–Kier alpha value is -0.460. The van der Waals surface area contributed by atoms with Gasteiger partial charge in [-0.05, 0) is 24.3 Å². The van der Waals surface area contributed by atoms with E-state index in [2.05, 4.69) is 32.4 Å². The lowest BCUT2D eigenvalue weighted by molar-refractivity contribution is 0.0201. The first-order valence-corrected chi connectivity index (χ1v) is 10.1. The highest BCUT2D eigenvalue weighted by molar-refractivity contribution is 7.14. The number of nitrogens with zero attached hydrogens (tertiary/aromatic N) is 2. The minimum Gasteiger partial charge on any atom is -0.314 e. The second kappa shape index (κ2) is 7.62. The van der Waals surface area contributed by atoms with Crippen molar-refractivity contribution < 1.29 is 0 Å². The summed E-state index contributed by atoms with van der Waals surface area (Å²) in [6.45, 7) is 4.45. The number of hydrogen-bond acceptors (Lipinski definition) is 5. The van der Waals surface area contributed by atoms with Crippen LogP contribution in [0.15, 0.2) is 22.2 Å². The van der Waals surface area contributed by atoms with Crippen LogP contribution in [0, 0.1) is 0 Å². The van der Waals surface area contributed by atoms with Crippen molar-refractivity contribution in [2.45, 2.75) is 44.2 Å². The van der Waals surface area contributed by atoms with Gasteiger partial charge < -0.3 is 5.32 Å². The highest BCUT2D eigenvalue weighted by Crippen LogP contribution is 2.36. The van der Waals surface area contributed by atoms with Gasteiger partial charge in [0.1, 0.15) is 5.01 Å². The van der Waals surface area contributed by atoms with Crippen molar-refractivity contribution in [2.75, 3.05) is 19.6 Å². The van der Waals surface area contributed by atoms with Crippen molar-refractivity contribution in [2.24, 2.45) is 0 Å². The van der Waals surface area contributed by atoms with E-state index in [4.69, 9.17) is 4.98 Å². The monoisotopic (exact) mass is 369 g/mol. The molecule has 0 bridgehead atoms. The van der Waals surface area contributed by atoms with Gasteiger partial charge >= 0.3 is 0 Å². The summed E-state index contributed by atoms with van der Waals surface area (Å²) in [5.41, 5.74) is 2.91. The summed E-state index contributed by atoms with van der Waals surface area (Å²) in [5, 5.41) is 11.4. The van der Waals surface area contributed by atoms with Crippen LogP contribution in [-0.4, -0.2) is 35.1 Å². The van der Waals surface area contributed by atoms with E-state index in [-0.39, 0.29) is 12.4 Å². The zero-order valence-electron chi connectivity index (χ0n) is 13.3. The third kappa shape index (κ3) is 3.64. The summed E-state index contributed by atoms with van der Waals surface area (Å²) in [6, 6.07) is 2.17. The van der Waals surface area contributed by atoms with Gasteiger partial charge in [-0.3, -0.25) is 4.90 Å². The SMILES string of the molecule is Cl.c1cc(-c2nc(CN3CCNCC34CCCCC4)cs2)cs1. The molecular weight excluding hydrogens is 346 g/mol. The average Bonchev–Trinajstić information content (AvgIpc) is 3.22. The fourth-order valence-corrected chi connectivity index (χ4v) is 5.45. The van der Waals surface area contributed by atoms with Crippen LogP contribution in [0.25, 0.3) is 10.6 Å². The maximum atomic E-state index is 4.89. The largest absolute Gasteiger partial charge is 0.314 e. The Kier molecular flexibility index (Phi) is 5.75. The molecule has 2 aromatic rings. The first kappa shape index (κ1) is 17.4. The van der Waals surface area contributed by atoms with E-state index in [0.29, 0.717) is 5.54 Å². The lowest BCUT2D eigenvalue weighted by atomic mass is 9.79. The Morgan fingerprint density at radius 1 is 1.22 bits per heavy atom. The normalized spacial score (nSPS) is 21.2. The van der Waals surface area contributed by atoms with Crippen molar-refractivity contribution >= 4 is 35.1 Å². The molecule has 0 atom stereocenters. The molecule has 0 amide bonds. The number of nitrogens with one attached hydrogen (secondary N) is 1. The van der Waals surface area contributed by atoms with E-state index in [0.717, 1.165) is 26.2 Å². The molecule has 3 nitrogen and oxygen atoms in total. The minimum absolute atomic E-state index is 0. The molecule has 3 heterocycles. The fourth-order valence-electron chi connectivity index (χ4n) is 3.93. The van der Waals surface area contributed by atoms with Gasteiger partial charge in [-0.2, -0.15) is 11.3 Å². The third-order valence-electron chi connectivity index (χ3n) is 5.14. The standard InChI is InChI=1S/C17H23N3S2.ClH/c1-2-5-17(6-3-1)13-18-7-8-20(17)10-15-12-22-16(19-15)14-4-9-21-11-14;/h4,9,11-12,18H,1-3,5-8,10,13H2;1H. The van der Waals surface area contributed by atoms with E-state index in [1.165, 1.54) is 48.4 Å². The molecule has 2 aromatic heterocycles. The molecule has 0 aromatic carbocycles. The molecule has 1 saturated carbocycles. The van der Waals surface area contributed by atoms with Crippen molar-refractivity contribution in [1.29, 1.82) is 0 Å². The first-order valence-electron chi connectivity index (χ1n) is 8.29. The summed E-state index contributed by atoms with van der Waals surface area (Å²) in [7, 11) is 0. The van der Waals surface area contributed by atoms with Crippen molar-refractivity contribution in [3.05, 3.63) is 27.9 Å². The number of halogens is 1. The summed E-state index contributed by atoms with van der Waals surface area (Å²) in [6.07, 6.45) is 6.88. The number of aromatic nitrogens is 1. The molecule has 1 saturated heterocycles. The Bertz CT molecular complexity index is 597. The lowest BCUT2D eigenvalue weighted by Gasteiger charge is -2.49. The van der Waals surface area contributed by atoms with Gasteiger partial charge in [-0.15, -0.1) is 23.7 Å². The fraction of sp³-hybridized carbons (Fsp3) is 0.588. The van der Waals surface area contributed by atoms with E-state index in [1.54, 1.807) is 22.7 Å². The van der Waals surface area contributed by atoms with Gasteiger partial charge in [0.05, 0.1) is 5.69 Å². The molecule has 1 spiro atoms. The molecule has 0 radical (unpaired) electrons. The maximum absolute atomic E-state index is 4.89. The molecule has 1 N–H and O–H groups in total. The van der Waals surface area contributed by atoms with Crippen molar-refractivity contribution in [1.82, 2.24) is 15.2 Å². The summed E-state index contributed by atoms with van der Waals surface area (Å²) in [4.78, 5) is 7.61. The van der Waals surface area contributed by atoms with Gasteiger partial charge in [0.25, 0.3) is 0 Å². The van der Waals surface area contributed by atoms with Crippen LogP contribution in [0.5, 0.6) is 0 Å². The minimum atomic E-state index is 0. The quantitative estimate of drug-likeness (QED) is 0.868. The maximum Gasteiger partial charge on any atom is 0.124 e. The number of rotatable bonds is 3. The number of thiophene rings is 1. The smallest absolute Gasteiger partial charge is 0.124 e. The van der Waals surface area contributed by atoms with E-state index in [9.17, 15) is 0 Å². The summed E-state index contributed by atoms with van der Waals surface area (Å²) >= 11 is 3.53. The first-order chi connectivity index (χ1) is 10.9. The van der Waals surface area contributed by atoms with E-state index >= 15 is 0 Å². The molecule has 1 aliphatic carbocycles. The number of piperazine rings is 1. The van der Waals surface area contributed by atoms with Crippen LogP contribution in [0.3, 0.4) is 0 Å². The van der Waals surface area contributed by atoms with Gasteiger partial charge in [-0.25, -0.2) is 4.98 Å². The van der Waals surface area contributed by atoms with Gasteiger partial charge in [0.2, 0.25) is 0 Å². The molecular formula is C17H24ClN3S2. The molecule has 2 aliphatic rings. The molecule has 0 unspecified atom stereocenters. The van der Waals surface area contributed by atoms with Crippen LogP contribution in [-0.2, 0) is 6.54 Å². The van der Waals surface area contributed by atoms with Crippen LogP contribution in [0.4, 0.5) is 0 Å². The number of thiazole rings is 1. The zero-order chi connectivity index (χ0) is 14.8. The third-order valence-corrected chi connectivity index (χ3v) is 6.76. The second-order valence-electron chi connectivity index (χ2n) is 6.54. The summed E-state index contributed by atoms with van der Waals surface area (Å²) in [5.74, 6) is 0. The van der Waals surface area contributed by atoms with Gasteiger partial charge in [0, 0.05) is 48.0 Å². The highest BCUT2D eigenvalue weighted by Gasteiger charge is 2.39. The molecule has 4 rings (SSSR count). The lowest BCUT2D eigenvalue weighted by Crippen LogP contribution is -2.61. The Balaban J connectivity index is 0.00000156. The highest BCUT2D eigenvalue weighted by atomic mass is 35.5. The van der Waals surface area contributed by atoms with Crippen LogP contribution < -0.4 is 5.32 Å². The molecule has 2 fully saturated rings. The second-order valence-corrected chi connectivity index (χ2v) is 8.18. The van der Waals surface area contributed by atoms with Crippen LogP contribution in [0.2, 0.25) is 0 Å². The predicted octanol–water partition coefficient (Wildman–Crippen LogP) is 4.40.